The van der Waals surface area contributed by atoms with Crippen molar-refractivity contribution in [3.63, 3.8) is 0 Å². The summed E-state index contributed by atoms with van der Waals surface area (Å²) in [5.74, 6) is -3.18. The molecule has 0 radical (unpaired) electrons. The monoisotopic (exact) mass is 457 g/mol. The van der Waals surface area contributed by atoms with Gasteiger partial charge in [0.25, 0.3) is 0 Å². The van der Waals surface area contributed by atoms with Gasteiger partial charge in [-0.15, -0.1) is 0 Å². The second kappa shape index (κ2) is 13.5. The standard InChI is InChI=1S/C23H43N3O6/c1-22(2,3)13-15(11-12-19(28)29)20(30)25-16(21(31)32)9-7-8-10-18(27)17(14-24)26-23(4,5)6/h15-17,26H,7-14,24H2,1-6H3,(H,25,30)(H,28,29)(H,31,32)/t15-,16?,17+/m1/s1. The molecule has 1 unspecified atom stereocenters. The maximum Gasteiger partial charge on any atom is 0.326 e. The van der Waals surface area contributed by atoms with Crippen LogP contribution in [0.1, 0.15) is 86.5 Å². The van der Waals surface area contributed by atoms with Crippen LogP contribution in [0.5, 0.6) is 0 Å². The molecule has 32 heavy (non-hydrogen) atoms. The van der Waals surface area contributed by atoms with E-state index in [1.807, 2.05) is 41.5 Å². The first kappa shape index (κ1) is 30.0. The molecule has 9 heteroatoms. The summed E-state index contributed by atoms with van der Waals surface area (Å²) in [5.41, 5.74) is 5.24. The molecule has 0 aliphatic rings. The molecule has 9 nitrogen and oxygen atoms in total. The van der Waals surface area contributed by atoms with Crippen molar-refractivity contribution >= 4 is 23.6 Å². The lowest BCUT2D eigenvalue weighted by Crippen LogP contribution is -2.51. The third-order valence-electron chi connectivity index (χ3n) is 4.95. The van der Waals surface area contributed by atoms with Gasteiger partial charge in [0.2, 0.25) is 5.91 Å². The Morgan fingerprint density at radius 1 is 0.875 bits per heavy atom. The van der Waals surface area contributed by atoms with Gasteiger partial charge in [0.1, 0.15) is 6.04 Å². The maximum atomic E-state index is 12.7. The SMILES string of the molecule is CC(C)(C)C[C@@H](CCC(=O)O)C(=O)NC(CCCCC(=O)[C@H](CN)NC(C)(C)C)C(=O)O. The van der Waals surface area contributed by atoms with Gasteiger partial charge in [-0.2, -0.15) is 0 Å². The molecule has 6 N–H and O–H groups in total. The number of aliphatic carboxylic acids is 2. The van der Waals surface area contributed by atoms with Gasteiger partial charge in [0.05, 0.1) is 6.04 Å². The maximum absolute atomic E-state index is 12.7. The van der Waals surface area contributed by atoms with Gasteiger partial charge in [0, 0.05) is 30.8 Å². The number of ketones is 1. The van der Waals surface area contributed by atoms with E-state index in [9.17, 15) is 24.3 Å². The Balaban J connectivity index is 4.82. The van der Waals surface area contributed by atoms with Crippen LogP contribution in [0.3, 0.4) is 0 Å². The van der Waals surface area contributed by atoms with Gasteiger partial charge in [-0.1, -0.05) is 27.2 Å². The first-order valence-electron chi connectivity index (χ1n) is 11.3. The number of nitrogens with two attached hydrogens (primary N) is 1. The summed E-state index contributed by atoms with van der Waals surface area (Å²) >= 11 is 0. The van der Waals surface area contributed by atoms with Crippen LogP contribution < -0.4 is 16.4 Å². The normalized spacial score (nSPS) is 15.0. The van der Waals surface area contributed by atoms with Crippen molar-refractivity contribution in [2.24, 2.45) is 17.1 Å². The average Bonchev–Trinajstić information content (AvgIpc) is 2.63. The van der Waals surface area contributed by atoms with Crippen molar-refractivity contribution in [3.05, 3.63) is 0 Å². The number of amides is 1. The molecule has 0 fully saturated rings. The Morgan fingerprint density at radius 3 is 1.91 bits per heavy atom. The molecule has 0 aromatic heterocycles. The summed E-state index contributed by atoms with van der Waals surface area (Å²) in [6.45, 7) is 11.9. The number of nitrogens with one attached hydrogen (secondary N) is 2. The molecular formula is C23H43N3O6. The van der Waals surface area contributed by atoms with Crippen molar-refractivity contribution in [1.82, 2.24) is 10.6 Å². The molecule has 0 aromatic rings. The minimum atomic E-state index is -1.15. The molecule has 0 saturated carbocycles. The zero-order valence-electron chi connectivity index (χ0n) is 20.5. The Labute approximate surface area is 191 Å². The van der Waals surface area contributed by atoms with Crippen LogP contribution in [-0.2, 0) is 19.2 Å². The van der Waals surface area contributed by atoms with Crippen LogP contribution in [0.2, 0.25) is 0 Å². The lowest BCUT2D eigenvalue weighted by Gasteiger charge is -2.27. The summed E-state index contributed by atoms with van der Waals surface area (Å²) in [4.78, 5) is 47.7. The van der Waals surface area contributed by atoms with E-state index in [0.29, 0.717) is 19.3 Å². The number of hydrogen-bond acceptors (Lipinski definition) is 6. The Bertz CT molecular complexity index is 637. The van der Waals surface area contributed by atoms with Gasteiger partial charge >= 0.3 is 11.9 Å². The van der Waals surface area contributed by atoms with Crippen molar-refractivity contribution in [2.75, 3.05) is 6.54 Å². The lowest BCUT2D eigenvalue weighted by molar-refractivity contribution is -0.143. The molecule has 1 amide bonds. The molecule has 0 saturated heterocycles. The Kier molecular flexibility index (Phi) is 12.7. The van der Waals surface area contributed by atoms with Crippen LogP contribution in [0.4, 0.5) is 0 Å². The van der Waals surface area contributed by atoms with E-state index in [2.05, 4.69) is 10.6 Å². The van der Waals surface area contributed by atoms with Crippen LogP contribution in [0, 0.1) is 11.3 Å². The van der Waals surface area contributed by atoms with Crippen LogP contribution >= 0.6 is 0 Å². The fourth-order valence-electron chi connectivity index (χ4n) is 3.53. The second-order valence-electron chi connectivity index (χ2n) is 10.7. The molecule has 0 spiro atoms. The van der Waals surface area contributed by atoms with Crippen LogP contribution in [0.15, 0.2) is 0 Å². The topological polar surface area (TPSA) is 159 Å². The molecule has 3 atom stereocenters. The molecule has 0 aliphatic heterocycles. The van der Waals surface area contributed by atoms with Crippen molar-refractivity contribution < 1.29 is 29.4 Å². The number of unbranched alkanes of at least 4 members (excludes halogenated alkanes) is 1. The number of carboxylic acid groups (broad SMARTS) is 2. The summed E-state index contributed by atoms with van der Waals surface area (Å²) in [5, 5.41) is 24.2. The van der Waals surface area contributed by atoms with Crippen LogP contribution in [0.25, 0.3) is 0 Å². The number of carbonyl (C=O) groups excluding carboxylic acids is 2. The summed E-state index contributed by atoms with van der Waals surface area (Å²) in [6, 6.07) is -1.53. The van der Waals surface area contributed by atoms with E-state index in [4.69, 9.17) is 10.8 Å². The number of carbonyl (C=O) groups is 4. The highest BCUT2D eigenvalue weighted by Crippen LogP contribution is 2.27. The van der Waals surface area contributed by atoms with E-state index >= 15 is 0 Å². The molecule has 0 aliphatic carbocycles. The molecule has 186 valence electrons. The van der Waals surface area contributed by atoms with E-state index in [1.54, 1.807) is 0 Å². The molecule has 0 rings (SSSR count). The summed E-state index contributed by atoms with van der Waals surface area (Å²) < 4.78 is 0. The summed E-state index contributed by atoms with van der Waals surface area (Å²) in [6.07, 6.45) is 1.86. The number of hydrogen-bond donors (Lipinski definition) is 5. The van der Waals surface area contributed by atoms with Gasteiger partial charge in [0.15, 0.2) is 5.78 Å². The van der Waals surface area contributed by atoms with Crippen molar-refractivity contribution in [2.45, 2.75) is 104 Å². The predicted molar refractivity (Wildman–Crippen MR) is 123 cm³/mol. The minimum Gasteiger partial charge on any atom is -0.481 e. The third-order valence-corrected chi connectivity index (χ3v) is 4.95. The van der Waals surface area contributed by atoms with Crippen LogP contribution in [-0.4, -0.2) is 58.0 Å². The Hall–Kier alpha value is -2.00. The zero-order valence-corrected chi connectivity index (χ0v) is 20.5. The fraction of sp³-hybridized carbons (Fsp3) is 0.826. The average molecular weight is 458 g/mol. The zero-order chi connectivity index (χ0) is 25.1. The smallest absolute Gasteiger partial charge is 0.326 e. The van der Waals surface area contributed by atoms with Gasteiger partial charge in [-0.3, -0.25) is 14.4 Å². The quantitative estimate of drug-likeness (QED) is 0.234. The predicted octanol–water partition coefficient (Wildman–Crippen LogP) is 2.32. The van der Waals surface area contributed by atoms with Crippen molar-refractivity contribution in [1.29, 1.82) is 0 Å². The number of rotatable bonds is 15. The first-order chi connectivity index (χ1) is 14.6. The van der Waals surface area contributed by atoms with Crippen molar-refractivity contribution in [3.8, 4) is 0 Å². The lowest BCUT2D eigenvalue weighted by atomic mass is 9.82. The van der Waals surface area contributed by atoms with E-state index in [-0.39, 0.29) is 49.0 Å². The highest BCUT2D eigenvalue weighted by atomic mass is 16.4. The number of carboxylic acids is 2. The second-order valence-corrected chi connectivity index (χ2v) is 10.7. The van der Waals surface area contributed by atoms with Gasteiger partial charge in [-0.05, 0) is 51.9 Å². The molecule has 0 aromatic carbocycles. The fourth-order valence-corrected chi connectivity index (χ4v) is 3.53. The minimum absolute atomic E-state index is 0.0164. The van der Waals surface area contributed by atoms with E-state index in [0.717, 1.165) is 0 Å². The number of Topliss-reactive ketones (excluding diaryl/α,β-unsaturated/α-hetero) is 1. The molecular weight excluding hydrogens is 414 g/mol. The molecule has 0 heterocycles. The first-order valence-corrected chi connectivity index (χ1v) is 11.3. The highest BCUT2D eigenvalue weighted by molar-refractivity contribution is 5.85. The largest absolute Gasteiger partial charge is 0.481 e. The highest BCUT2D eigenvalue weighted by Gasteiger charge is 2.29. The Morgan fingerprint density at radius 2 is 1.47 bits per heavy atom. The van der Waals surface area contributed by atoms with Gasteiger partial charge in [-0.25, -0.2) is 4.79 Å². The summed E-state index contributed by atoms with van der Waals surface area (Å²) in [7, 11) is 0. The molecule has 0 bridgehead atoms. The van der Waals surface area contributed by atoms with E-state index < -0.39 is 35.8 Å². The van der Waals surface area contributed by atoms with E-state index in [1.165, 1.54) is 0 Å². The van der Waals surface area contributed by atoms with Gasteiger partial charge < -0.3 is 26.6 Å². The third kappa shape index (κ3) is 14.1.